The minimum absolute atomic E-state index is 0.506. The molecule has 0 aromatic heterocycles. The number of nitrogens with zero attached hydrogens (tertiary/aromatic N) is 2. The SMILES string of the molecule is CN=C(NCC1CCN(S(C)(=O)=O)CC1)NC1CCCC(SC)C1. The van der Waals surface area contributed by atoms with Gasteiger partial charge in [0.1, 0.15) is 0 Å². The van der Waals surface area contributed by atoms with E-state index in [4.69, 9.17) is 0 Å². The van der Waals surface area contributed by atoms with Crippen LogP contribution in [0.1, 0.15) is 38.5 Å². The zero-order valence-electron chi connectivity index (χ0n) is 15.1. The van der Waals surface area contributed by atoms with Gasteiger partial charge in [0.2, 0.25) is 10.0 Å². The third-order valence-corrected chi connectivity index (χ3v) is 7.52. The molecule has 2 rings (SSSR count). The fourth-order valence-corrected chi connectivity index (χ4v) is 5.27. The molecule has 1 aliphatic heterocycles. The normalized spacial score (nSPS) is 27.9. The second kappa shape index (κ2) is 9.29. The van der Waals surface area contributed by atoms with Gasteiger partial charge in [-0.1, -0.05) is 6.42 Å². The molecule has 6 nitrogen and oxygen atoms in total. The zero-order valence-corrected chi connectivity index (χ0v) is 16.8. The Balaban J connectivity index is 1.72. The molecule has 1 saturated carbocycles. The van der Waals surface area contributed by atoms with Crippen molar-refractivity contribution in [2.75, 3.05) is 39.2 Å². The minimum atomic E-state index is -3.04. The molecule has 0 aromatic carbocycles. The molecule has 2 aliphatic rings. The van der Waals surface area contributed by atoms with E-state index in [9.17, 15) is 8.42 Å². The molecule has 8 heteroatoms. The van der Waals surface area contributed by atoms with Crippen LogP contribution in [0, 0.1) is 5.92 Å². The molecule has 1 heterocycles. The first-order valence-electron chi connectivity index (χ1n) is 8.87. The van der Waals surface area contributed by atoms with E-state index in [1.54, 1.807) is 4.31 Å². The Labute approximate surface area is 151 Å². The predicted molar refractivity (Wildman–Crippen MR) is 103 cm³/mol. The average Bonchev–Trinajstić information content (AvgIpc) is 2.58. The van der Waals surface area contributed by atoms with E-state index in [1.807, 2.05) is 18.8 Å². The van der Waals surface area contributed by atoms with Crippen molar-refractivity contribution in [2.45, 2.75) is 49.8 Å². The van der Waals surface area contributed by atoms with Crippen molar-refractivity contribution < 1.29 is 8.42 Å². The smallest absolute Gasteiger partial charge is 0.211 e. The second-order valence-corrected chi connectivity index (χ2v) is 10.0. The van der Waals surface area contributed by atoms with Crippen molar-refractivity contribution >= 4 is 27.7 Å². The third kappa shape index (κ3) is 6.11. The number of aliphatic imine (C=N–C) groups is 1. The third-order valence-electron chi connectivity index (χ3n) is 5.12. The van der Waals surface area contributed by atoms with Crippen LogP contribution >= 0.6 is 11.8 Å². The largest absolute Gasteiger partial charge is 0.356 e. The van der Waals surface area contributed by atoms with Gasteiger partial charge in [-0.3, -0.25) is 4.99 Å². The fourth-order valence-electron chi connectivity index (χ4n) is 3.56. The molecular weight excluding hydrogens is 344 g/mol. The Kier molecular flexibility index (Phi) is 7.68. The second-order valence-electron chi connectivity index (χ2n) is 6.92. The summed E-state index contributed by atoms with van der Waals surface area (Å²) in [5, 5.41) is 7.76. The molecule has 0 aromatic rings. The number of sulfonamides is 1. The van der Waals surface area contributed by atoms with Crippen LogP contribution in [-0.2, 0) is 10.0 Å². The summed E-state index contributed by atoms with van der Waals surface area (Å²) >= 11 is 1.97. The molecule has 0 amide bonds. The fraction of sp³-hybridized carbons (Fsp3) is 0.938. The number of piperidine rings is 1. The lowest BCUT2D eigenvalue weighted by Gasteiger charge is -2.32. The number of nitrogens with one attached hydrogen (secondary N) is 2. The molecule has 0 bridgehead atoms. The highest BCUT2D eigenvalue weighted by atomic mass is 32.2. The summed E-state index contributed by atoms with van der Waals surface area (Å²) in [7, 11) is -1.22. The maximum absolute atomic E-state index is 11.6. The van der Waals surface area contributed by atoms with Gasteiger partial charge in [0.15, 0.2) is 5.96 Å². The maximum Gasteiger partial charge on any atom is 0.211 e. The molecule has 0 radical (unpaired) electrons. The Bertz CT molecular complexity index is 516. The molecule has 140 valence electrons. The van der Waals surface area contributed by atoms with Crippen LogP contribution in [0.25, 0.3) is 0 Å². The Hall–Kier alpha value is -0.470. The van der Waals surface area contributed by atoms with Gasteiger partial charge in [-0.2, -0.15) is 11.8 Å². The highest BCUT2D eigenvalue weighted by Crippen LogP contribution is 2.26. The molecule has 2 N–H and O–H groups in total. The van der Waals surface area contributed by atoms with E-state index in [2.05, 4.69) is 21.9 Å². The summed E-state index contributed by atoms with van der Waals surface area (Å²) in [6.07, 6.45) is 10.3. The summed E-state index contributed by atoms with van der Waals surface area (Å²) in [6, 6.07) is 0.509. The van der Waals surface area contributed by atoms with E-state index in [0.717, 1.165) is 30.6 Å². The van der Waals surface area contributed by atoms with Crippen molar-refractivity contribution in [1.82, 2.24) is 14.9 Å². The van der Waals surface area contributed by atoms with Gasteiger partial charge < -0.3 is 10.6 Å². The van der Waals surface area contributed by atoms with Crippen LogP contribution in [0.3, 0.4) is 0 Å². The van der Waals surface area contributed by atoms with Gasteiger partial charge in [0, 0.05) is 38.0 Å². The number of guanidine groups is 1. The van der Waals surface area contributed by atoms with Crippen LogP contribution in [-0.4, -0.2) is 69.2 Å². The van der Waals surface area contributed by atoms with E-state index in [0.29, 0.717) is 25.0 Å². The lowest BCUT2D eigenvalue weighted by molar-refractivity contribution is 0.274. The van der Waals surface area contributed by atoms with Crippen molar-refractivity contribution in [3.63, 3.8) is 0 Å². The van der Waals surface area contributed by atoms with Gasteiger partial charge in [0.25, 0.3) is 0 Å². The molecule has 24 heavy (non-hydrogen) atoms. The van der Waals surface area contributed by atoms with Crippen LogP contribution in [0.15, 0.2) is 4.99 Å². The Morgan fingerprint density at radius 3 is 2.54 bits per heavy atom. The predicted octanol–water partition coefficient (Wildman–Crippen LogP) is 1.50. The highest BCUT2D eigenvalue weighted by molar-refractivity contribution is 7.99. The standard InChI is InChI=1S/C16H32N4O2S2/c1-17-16(19-14-5-4-6-15(11-14)23-2)18-12-13-7-9-20(10-8-13)24(3,21)22/h13-15H,4-12H2,1-3H3,(H2,17,18,19). The first kappa shape index (κ1) is 19.8. The lowest BCUT2D eigenvalue weighted by Crippen LogP contribution is -2.48. The minimum Gasteiger partial charge on any atom is -0.356 e. The van der Waals surface area contributed by atoms with E-state index >= 15 is 0 Å². The quantitative estimate of drug-likeness (QED) is 0.562. The lowest BCUT2D eigenvalue weighted by atomic mass is 9.95. The van der Waals surface area contributed by atoms with Crippen LogP contribution in [0.5, 0.6) is 0 Å². The van der Waals surface area contributed by atoms with Gasteiger partial charge in [-0.05, 0) is 44.3 Å². The van der Waals surface area contributed by atoms with E-state index in [1.165, 1.54) is 31.9 Å². The molecule has 2 fully saturated rings. The van der Waals surface area contributed by atoms with Crippen molar-refractivity contribution in [3.8, 4) is 0 Å². The molecule has 2 unspecified atom stereocenters. The molecule has 1 aliphatic carbocycles. The molecule has 2 atom stereocenters. The molecular formula is C16H32N4O2S2. The van der Waals surface area contributed by atoms with Crippen LogP contribution in [0.2, 0.25) is 0 Å². The number of hydrogen-bond acceptors (Lipinski definition) is 4. The van der Waals surface area contributed by atoms with Crippen molar-refractivity contribution in [1.29, 1.82) is 0 Å². The first-order valence-corrected chi connectivity index (χ1v) is 12.0. The Morgan fingerprint density at radius 1 is 1.25 bits per heavy atom. The topological polar surface area (TPSA) is 73.8 Å². The highest BCUT2D eigenvalue weighted by Gasteiger charge is 2.25. The maximum atomic E-state index is 11.6. The molecule has 0 spiro atoms. The van der Waals surface area contributed by atoms with Crippen molar-refractivity contribution in [2.24, 2.45) is 10.9 Å². The average molecular weight is 377 g/mol. The van der Waals surface area contributed by atoms with Crippen LogP contribution in [0.4, 0.5) is 0 Å². The van der Waals surface area contributed by atoms with Crippen LogP contribution < -0.4 is 10.6 Å². The van der Waals surface area contributed by atoms with Gasteiger partial charge in [-0.15, -0.1) is 0 Å². The summed E-state index contributed by atoms with van der Waals surface area (Å²) in [6.45, 7) is 2.13. The molecule has 1 saturated heterocycles. The summed E-state index contributed by atoms with van der Waals surface area (Å²) in [5.41, 5.74) is 0. The summed E-state index contributed by atoms with van der Waals surface area (Å²) < 4.78 is 24.7. The summed E-state index contributed by atoms with van der Waals surface area (Å²) in [4.78, 5) is 4.35. The monoisotopic (exact) mass is 376 g/mol. The van der Waals surface area contributed by atoms with Gasteiger partial charge in [-0.25, -0.2) is 12.7 Å². The first-order chi connectivity index (χ1) is 11.4. The van der Waals surface area contributed by atoms with E-state index < -0.39 is 10.0 Å². The zero-order chi connectivity index (χ0) is 17.6. The van der Waals surface area contributed by atoms with Gasteiger partial charge >= 0.3 is 0 Å². The van der Waals surface area contributed by atoms with Gasteiger partial charge in [0.05, 0.1) is 6.26 Å². The van der Waals surface area contributed by atoms with E-state index in [-0.39, 0.29) is 0 Å². The van der Waals surface area contributed by atoms with Crippen molar-refractivity contribution in [3.05, 3.63) is 0 Å². The number of hydrogen-bond donors (Lipinski definition) is 2. The Morgan fingerprint density at radius 2 is 1.96 bits per heavy atom. The number of rotatable bonds is 5. The number of thioether (sulfide) groups is 1. The summed E-state index contributed by atoms with van der Waals surface area (Å²) in [5.74, 6) is 1.39.